The summed E-state index contributed by atoms with van der Waals surface area (Å²) in [6.07, 6.45) is 4.50. The number of H-pyrrole nitrogens is 2. The van der Waals surface area contributed by atoms with E-state index in [9.17, 15) is 9.59 Å². The lowest BCUT2D eigenvalue weighted by molar-refractivity contribution is -0.331. The van der Waals surface area contributed by atoms with E-state index in [1.807, 2.05) is 0 Å². The molecule has 0 atom stereocenters. The first-order valence-electron chi connectivity index (χ1n) is 7.17. The number of fused-ring (bicyclic) bond motifs is 1. The average Bonchev–Trinajstić information content (AvgIpc) is 3.31. The van der Waals surface area contributed by atoms with Gasteiger partial charge in [0.05, 0.1) is 6.54 Å². The van der Waals surface area contributed by atoms with E-state index in [0.29, 0.717) is 42.0 Å². The van der Waals surface area contributed by atoms with Gasteiger partial charge in [-0.15, -0.1) is 0 Å². The quantitative estimate of drug-likeness (QED) is 0.802. The number of nitrogens with one attached hydrogen (secondary N) is 2. The summed E-state index contributed by atoms with van der Waals surface area (Å²) >= 11 is 0. The Bertz CT molecular complexity index is 791. The standard InChI is InChI=1S/C13H17N5O2/c14-12-15-9-10(16-12)17(5-7-1-2-7)13(20)18(11(9)19)6-8-3-4-8/h7-8H,1-6H2,(H3,14,15,16)/p+1. The second kappa shape index (κ2) is 3.97. The van der Waals surface area contributed by atoms with E-state index in [2.05, 4.69) is 9.97 Å². The van der Waals surface area contributed by atoms with E-state index in [1.165, 1.54) is 4.57 Å². The van der Waals surface area contributed by atoms with Crippen molar-refractivity contribution in [1.29, 1.82) is 0 Å². The zero-order valence-electron chi connectivity index (χ0n) is 11.2. The number of nitrogens with two attached hydrogens (primary N) is 1. The topological polar surface area (TPSA) is 100.0 Å². The molecule has 0 amide bonds. The fourth-order valence-corrected chi connectivity index (χ4v) is 2.68. The summed E-state index contributed by atoms with van der Waals surface area (Å²) in [5.74, 6) is 1.33. The molecule has 2 aromatic heterocycles. The monoisotopic (exact) mass is 276 g/mol. The third kappa shape index (κ3) is 1.85. The van der Waals surface area contributed by atoms with Gasteiger partial charge in [0, 0.05) is 6.54 Å². The molecule has 0 spiro atoms. The number of imidazole rings is 1. The van der Waals surface area contributed by atoms with Crippen LogP contribution in [-0.4, -0.2) is 14.1 Å². The lowest BCUT2D eigenvalue weighted by atomic mass is 10.3. The van der Waals surface area contributed by atoms with Crippen LogP contribution in [0.1, 0.15) is 25.7 Å². The van der Waals surface area contributed by atoms with E-state index in [0.717, 1.165) is 25.7 Å². The molecule has 2 saturated carbocycles. The number of anilines is 1. The molecule has 0 aromatic carbocycles. The van der Waals surface area contributed by atoms with Gasteiger partial charge in [0.2, 0.25) is 11.2 Å². The first-order chi connectivity index (χ1) is 9.63. The maximum atomic E-state index is 12.6. The van der Waals surface area contributed by atoms with Crippen molar-refractivity contribution in [2.75, 3.05) is 5.73 Å². The molecule has 0 bridgehead atoms. The molecule has 4 N–H and O–H groups in total. The molecule has 0 aliphatic heterocycles. The number of aromatic nitrogens is 4. The predicted octanol–water partition coefficient (Wildman–Crippen LogP) is -0.292. The highest BCUT2D eigenvalue weighted by Crippen LogP contribution is 2.31. The van der Waals surface area contributed by atoms with Crippen LogP contribution in [0.4, 0.5) is 5.95 Å². The minimum Gasteiger partial charge on any atom is -0.310 e. The first kappa shape index (κ1) is 11.7. The molecule has 0 saturated heterocycles. The summed E-state index contributed by atoms with van der Waals surface area (Å²) in [5.41, 5.74) is 6.17. The molecule has 7 heteroatoms. The minimum atomic E-state index is -0.267. The van der Waals surface area contributed by atoms with E-state index >= 15 is 0 Å². The van der Waals surface area contributed by atoms with Gasteiger partial charge in [-0.1, -0.05) is 0 Å². The predicted molar refractivity (Wildman–Crippen MR) is 73.2 cm³/mol. The molecular formula is C13H18N5O2+. The second-order valence-corrected chi connectivity index (χ2v) is 6.08. The van der Waals surface area contributed by atoms with Gasteiger partial charge >= 0.3 is 11.6 Å². The van der Waals surface area contributed by atoms with Gasteiger partial charge in [-0.25, -0.2) is 18.9 Å². The molecule has 2 aromatic rings. The van der Waals surface area contributed by atoms with Gasteiger partial charge in [-0.05, 0) is 37.5 Å². The van der Waals surface area contributed by atoms with Crippen LogP contribution in [-0.2, 0) is 13.1 Å². The normalized spacial score (nSPS) is 18.8. The summed E-state index contributed by atoms with van der Waals surface area (Å²) in [6, 6.07) is 0. The van der Waals surface area contributed by atoms with Crippen molar-refractivity contribution in [2.45, 2.75) is 38.8 Å². The van der Waals surface area contributed by atoms with E-state index < -0.39 is 0 Å². The van der Waals surface area contributed by atoms with E-state index in [4.69, 9.17) is 5.73 Å². The van der Waals surface area contributed by atoms with Gasteiger partial charge in [0.15, 0.2) is 0 Å². The zero-order chi connectivity index (χ0) is 13.9. The Morgan fingerprint density at radius 2 is 1.70 bits per heavy atom. The van der Waals surface area contributed by atoms with E-state index in [1.54, 1.807) is 4.57 Å². The Labute approximate surface area is 114 Å². The van der Waals surface area contributed by atoms with E-state index in [-0.39, 0.29) is 11.2 Å². The Balaban J connectivity index is 1.95. The lowest BCUT2D eigenvalue weighted by Crippen LogP contribution is -2.41. The molecule has 2 heterocycles. The second-order valence-electron chi connectivity index (χ2n) is 6.08. The fraction of sp³-hybridized carbons (Fsp3) is 0.615. The van der Waals surface area contributed by atoms with Crippen molar-refractivity contribution in [1.82, 2.24) is 14.1 Å². The number of nitrogen functional groups attached to an aromatic ring is 1. The van der Waals surface area contributed by atoms with Gasteiger partial charge < -0.3 is 5.73 Å². The van der Waals surface area contributed by atoms with Crippen LogP contribution in [0.5, 0.6) is 0 Å². The molecule has 106 valence electrons. The molecule has 0 unspecified atom stereocenters. The van der Waals surface area contributed by atoms with Crippen molar-refractivity contribution < 1.29 is 4.98 Å². The van der Waals surface area contributed by atoms with Crippen LogP contribution in [0.2, 0.25) is 0 Å². The maximum absolute atomic E-state index is 12.6. The average molecular weight is 276 g/mol. The summed E-state index contributed by atoms with van der Waals surface area (Å²) < 4.78 is 3.04. The number of aromatic amines is 2. The van der Waals surface area contributed by atoms with Gasteiger partial charge in [-0.3, -0.25) is 9.78 Å². The molecule has 20 heavy (non-hydrogen) atoms. The van der Waals surface area contributed by atoms with Crippen LogP contribution in [0.25, 0.3) is 11.2 Å². The van der Waals surface area contributed by atoms with Crippen LogP contribution in [0.15, 0.2) is 9.59 Å². The van der Waals surface area contributed by atoms with Crippen molar-refractivity contribution in [3.8, 4) is 0 Å². The minimum absolute atomic E-state index is 0.212. The van der Waals surface area contributed by atoms with Crippen molar-refractivity contribution in [3.63, 3.8) is 0 Å². The number of rotatable bonds is 4. The summed E-state index contributed by atoms with van der Waals surface area (Å²) in [6.45, 7) is 1.19. The van der Waals surface area contributed by atoms with Crippen LogP contribution in [0, 0.1) is 11.8 Å². The molecule has 4 rings (SSSR count). The van der Waals surface area contributed by atoms with Crippen molar-refractivity contribution >= 4 is 17.1 Å². The van der Waals surface area contributed by atoms with Gasteiger partial charge in [0.25, 0.3) is 5.56 Å². The van der Waals surface area contributed by atoms with Crippen LogP contribution in [0.3, 0.4) is 0 Å². The highest BCUT2D eigenvalue weighted by Gasteiger charge is 2.30. The van der Waals surface area contributed by atoms with Crippen LogP contribution >= 0.6 is 0 Å². The van der Waals surface area contributed by atoms with Gasteiger partial charge in [0.1, 0.15) is 0 Å². The molecule has 2 aliphatic rings. The lowest BCUT2D eigenvalue weighted by Gasteiger charge is -2.07. The molecular weight excluding hydrogens is 258 g/mol. The number of hydrogen-bond donors (Lipinski definition) is 2. The smallest absolute Gasteiger partial charge is 0.310 e. The molecule has 0 radical (unpaired) electrons. The van der Waals surface area contributed by atoms with Gasteiger partial charge in [-0.2, -0.15) is 0 Å². The summed E-state index contributed by atoms with van der Waals surface area (Å²) in [4.78, 5) is 30.8. The Hall–Kier alpha value is -2.05. The fourth-order valence-electron chi connectivity index (χ4n) is 2.68. The SMILES string of the molecule is Nc1[nH]c2c(=O)n(CC3CC3)c(=O)n(CC3CC3)c2[nH+]1. The summed E-state index contributed by atoms with van der Waals surface area (Å²) in [5, 5.41) is 0. The molecule has 2 fully saturated rings. The maximum Gasteiger partial charge on any atom is 0.375 e. The number of nitrogens with zero attached hydrogens (tertiary/aromatic N) is 2. The third-order valence-corrected chi connectivity index (χ3v) is 4.22. The first-order valence-corrected chi connectivity index (χ1v) is 7.17. The third-order valence-electron chi connectivity index (χ3n) is 4.22. The zero-order valence-corrected chi connectivity index (χ0v) is 11.2. The molecule has 7 nitrogen and oxygen atoms in total. The highest BCUT2D eigenvalue weighted by molar-refractivity contribution is 5.67. The number of hydrogen-bond acceptors (Lipinski definition) is 3. The largest absolute Gasteiger partial charge is 0.375 e. The van der Waals surface area contributed by atoms with Crippen molar-refractivity contribution in [2.24, 2.45) is 11.8 Å². The van der Waals surface area contributed by atoms with Crippen LogP contribution < -0.4 is 22.0 Å². The Kier molecular flexibility index (Phi) is 2.33. The molecule has 2 aliphatic carbocycles. The highest BCUT2D eigenvalue weighted by atomic mass is 16.2. The summed E-state index contributed by atoms with van der Waals surface area (Å²) in [7, 11) is 0. The van der Waals surface area contributed by atoms with Crippen molar-refractivity contribution in [3.05, 3.63) is 20.8 Å². The Morgan fingerprint density at radius 1 is 1.10 bits per heavy atom. The Morgan fingerprint density at radius 3 is 2.30 bits per heavy atom.